The van der Waals surface area contributed by atoms with E-state index >= 15 is 0 Å². The Kier molecular flexibility index (Phi) is 4.55. The Balaban J connectivity index is 1.91. The molecule has 6 heteroatoms. The molecule has 3 nitrogen and oxygen atoms in total. The minimum absolute atomic E-state index is 0.123. The lowest BCUT2D eigenvalue weighted by molar-refractivity contribution is -0.136. The number of aryl methyl sites for hydroxylation is 3. The van der Waals surface area contributed by atoms with Crippen molar-refractivity contribution < 1.29 is 13.2 Å². The number of halogens is 3. The zero-order valence-corrected chi connectivity index (χ0v) is 12.0. The Morgan fingerprint density at radius 3 is 2.52 bits per heavy atom. The van der Waals surface area contributed by atoms with E-state index < -0.39 is 11.7 Å². The number of nitrogens with one attached hydrogen (secondary N) is 1. The van der Waals surface area contributed by atoms with Crippen molar-refractivity contribution in [2.75, 3.05) is 11.9 Å². The van der Waals surface area contributed by atoms with E-state index in [4.69, 9.17) is 0 Å². The predicted octanol–water partition coefficient (Wildman–Crippen LogP) is 4.02. The van der Waals surface area contributed by atoms with Crippen molar-refractivity contribution in [3.05, 3.63) is 47.3 Å². The standard InChI is InChI=1S/C15H18F3N3/c1-11-10-12(2)21(20-11)9-5-8-19-14-7-4-3-6-13(14)15(16,17)18/h3-4,6-7,10,19H,5,8-9H2,1-2H3. The number of benzene rings is 1. The maximum atomic E-state index is 12.8. The average molecular weight is 297 g/mol. The molecular weight excluding hydrogens is 279 g/mol. The number of rotatable bonds is 5. The monoisotopic (exact) mass is 297 g/mol. The second kappa shape index (κ2) is 6.20. The number of anilines is 1. The third kappa shape index (κ3) is 4.00. The molecule has 1 aromatic carbocycles. The molecule has 1 heterocycles. The molecule has 1 aromatic heterocycles. The molecule has 0 fully saturated rings. The predicted molar refractivity (Wildman–Crippen MR) is 76.3 cm³/mol. The second-order valence-corrected chi connectivity index (χ2v) is 4.97. The van der Waals surface area contributed by atoms with Gasteiger partial charge in [-0.2, -0.15) is 18.3 Å². The van der Waals surface area contributed by atoms with Gasteiger partial charge in [-0.3, -0.25) is 4.68 Å². The fraction of sp³-hybridized carbons (Fsp3) is 0.400. The van der Waals surface area contributed by atoms with Crippen LogP contribution in [0, 0.1) is 13.8 Å². The number of hydrogen-bond acceptors (Lipinski definition) is 2. The lowest BCUT2D eigenvalue weighted by atomic mass is 10.1. The first kappa shape index (κ1) is 15.4. The molecule has 0 amide bonds. The van der Waals surface area contributed by atoms with E-state index in [0.717, 1.165) is 17.5 Å². The molecule has 0 aliphatic heterocycles. The molecular formula is C15H18F3N3. The molecule has 0 bridgehead atoms. The van der Waals surface area contributed by atoms with Crippen molar-refractivity contribution in [2.24, 2.45) is 0 Å². The van der Waals surface area contributed by atoms with Crippen molar-refractivity contribution in [2.45, 2.75) is 33.0 Å². The summed E-state index contributed by atoms with van der Waals surface area (Å²) in [7, 11) is 0. The van der Waals surface area contributed by atoms with Gasteiger partial charge in [0.1, 0.15) is 0 Å². The number of alkyl halides is 3. The lowest BCUT2D eigenvalue weighted by Crippen LogP contribution is -2.13. The van der Waals surface area contributed by atoms with Gasteiger partial charge in [0.25, 0.3) is 0 Å². The molecule has 2 rings (SSSR count). The molecule has 0 spiro atoms. The highest BCUT2D eigenvalue weighted by Crippen LogP contribution is 2.34. The van der Waals surface area contributed by atoms with Gasteiger partial charge in [0, 0.05) is 24.5 Å². The summed E-state index contributed by atoms with van der Waals surface area (Å²) in [6.45, 7) is 5.03. The molecule has 21 heavy (non-hydrogen) atoms. The molecule has 0 aliphatic carbocycles. The normalized spacial score (nSPS) is 11.7. The van der Waals surface area contributed by atoms with Crippen LogP contribution in [0.5, 0.6) is 0 Å². The number of aromatic nitrogens is 2. The van der Waals surface area contributed by atoms with Crippen LogP contribution in [-0.2, 0) is 12.7 Å². The molecule has 0 radical (unpaired) electrons. The minimum Gasteiger partial charge on any atom is -0.384 e. The highest BCUT2D eigenvalue weighted by molar-refractivity contribution is 5.52. The molecule has 0 aliphatic rings. The maximum absolute atomic E-state index is 12.8. The van der Waals surface area contributed by atoms with Gasteiger partial charge in [-0.25, -0.2) is 0 Å². The Morgan fingerprint density at radius 2 is 1.90 bits per heavy atom. The summed E-state index contributed by atoms with van der Waals surface area (Å²) in [5, 5.41) is 7.18. The highest BCUT2D eigenvalue weighted by atomic mass is 19.4. The van der Waals surface area contributed by atoms with Crippen molar-refractivity contribution in [1.29, 1.82) is 0 Å². The highest BCUT2D eigenvalue weighted by Gasteiger charge is 2.32. The van der Waals surface area contributed by atoms with Crippen LogP contribution in [0.25, 0.3) is 0 Å². The molecule has 0 saturated heterocycles. The average Bonchev–Trinajstić information content (AvgIpc) is 2.72. The molecule has 0 saturated carbocycles. The van der Waals surface area contributed by atoms with Gasteiger partial charge in [-0.15, -0.1) is 0 Å². The zero-order valence-electron chi connectivity index (χ0n) is 12.0. The van der Waals surface area contributed by atoms with Crippen LogP contribution in [0.15, 0.2) is 30.3 Å². The Labute approximate surface area is 121 Å². The largest absolute Gasteiger partial charge is 0.418 e. The van der Waals surface area contributed by atoms with Gasteiger partial charge < -0.3 is 5.32 Å². The third-order valence-electron chi connectivity index (χ3n) is 3.20. The van der Waals surface area contributed by atoms with Crippen molar-refractivity contribution >= 4 is 5.69 Å². The van der Waals surface area contributed by atoms with Crippen LogP contribution in [0.1, 0.15) is 23.4 Å². The minimum atomic E-state index is -4.33. The van der Waals surface area contributed by atoms with Gasteiger partial charge in [0.05, 0.1) is 11.3 Å². The molecule has 114 valence electrons. The van der Waals surface area contributed by atoms with Gasteiger partial charge >= 0.3 is 6.18 Å². The fourth-order valence-corrected chi connectivity index (χ4v) is 2.24. The Bertz CT molecular complexity index is 602. The van der Waals surface area contributed by atoms with E-state index in [9.17, 15) is 13.2 Å². The smallest absolute Gasteiger partial charge is 0.384 e. The first-order valence-corrected chi connectivity index (χ1v) is 6.79. The SMILES string of the molecule is Cc1cc(C)n(CCCNc2ccccc2C(F)(F)F)n1. The number of para-hydroxylation sites is 1. The Morgan fingerprint density at radius 1 is 1.19 bits per heavy atom. The molecule has 1 N–H and O–H groups in total. The quantitative estimate of drug-likeness (QED) is 0.845. The zero-order chi connectivity index (χ0) is 15.5. The van der Waals surface area contributed by atoms with E-state index in [0.29, 0.717) is 19.5 Å². The van der Waals surface area contributed by atoms with Crippen LogP contribution < -0.4 is 5.32 Å². The molecule has 0 unspecified atom stereocenters. The van der Waals surface area contributed by atoms with Crippen LogP contribution in [0.3, 0.4) is 0 Å². The summed E-state index contributed by atoms with van der Waals surface area (Å²) < 4.78 is 40.3. The van der Waals surface area contributed by atoms with E-state index in [1.807, 2.05) is 24.6 Å². The number of hydrogen-bond donors (Lipinski definition) is 1. The summed E-state index contributed by atoms with van der Waals surface area (Å²) in [5.41, 5.74) is 1.50. The van der Waals surface area contributed by atoms with Crippen molar-refractivity contribution in [3.8, 4) is 0 Å². The second-order valence-electron chi connectivity index (χ2n) is 4.97. The molecule has 2 aromatic rings. The van der Waals surface area contributed by atoms with Crippen LogP contribution >= 0.6 is 0 Å². The molecule has 0 atom stereocenters. The van der Waals surface area contributed by atoms with E-state index in [1.54, 1.807) is 6.07 Å². The van der Waals surface area contributed by atoms with Crippen molar-refractivity contribution in [1.82, 2.24) is 9.78 Å². The first-order chi connectivity index (χ1) is 9.88. The van der Waals surface area contributed by atoms with Gasteiger partial charge in [-0.05, 0) is 38.5 Å². The van der Waals surface area contributed by atoms with Gasteiger partial charge in [-0.1, -0.05) is 12.1 Å². The maximum Gasteiger partial charge on any atom is 0.418 e. The van der Waals surface area contributed by atoms with Crippen LogP contribution in [0.2, 0.25) is 0 Å². The van der Waals surface area contributed by atoms with Gasteiger partial charge in [0.15, 0.2) is 0 Å². The number of nitrogens with zero attached hydrogens (tertiary/aromatic N) is 2. The van der Waals surface area contributed by atoms with E-state index in [-0.39, 0.29) is 5.69 Å². The van der Waals surface area contributed by atoms with Gasteiger partial charge in [0.2, 0.25) is 0 Å². The Hall–Kier alpha value is -1.98. The van der Waals surface area contributed by atoms with Crippen LogP contribution in [-0.4, -0.2) is 16.3 Å². The summed E-state index contributed by atoms with van der Waals surface area (Å²) in [4.78, 5) is 0. The topological polar surface area (TPSA) is 29.9 Å². The van der Waals surface area contributed by atoms with Crippen LogP contribution in [0.4, 0.5) is 18.9 Å². The van der Waals surface area contributed by atoms with E-state index in [1.165, 1.54) is 12.1 Å². The summed E-state index contributed by atoms with van der Waals surface area (Å²) in [5.74, 6) is 0. The van der Waals surface area contributed by atoms with Crippen molar-refractivity contribution in [3.63, 3.8) is 0 Å². The fourth-order valence-electron chi connectivity index (χ4n) is 2.24. The lowest BCUT2D eigenvalue weighted by Gasteiger charge is -2.14. The summed E-state index contributed by atoms with van der Waals surface area (Å²) >= 11 is 0. The van der Waals surface area contributed by atoms with E-state index in [2.05, 4.69) is 10.4 Å². The third-order valence-corrected chi connectivity index (χ3v) is 3.20. The first-order valence-electron chi connectivity index (χ1n) is 6.79. The summed E-state index contributed by atoms with van der Waals surface area (Å²) in [6, 6.07) is 7.50. The summed E-state index contributed by atoms with van der Waals surface area (Å²) in [6.07, 6.45) is -3.63.